The van der Waals surface area contributed by atoms with E-state index in [1.54, 1.807) is 24.3 Å². The number of aryl methyl sites for hydroxylation is 2. The van der Waals surface area contributed by atoms with Crippen molar-refractivity contribution in [3.8, 4) is 11.5 Å². The smallest absolute Gasteiger partial charge is 0.335 e. The molecule has 0 bridgehead atoms. The molecule has 3 aromatic carbocycles. The van der Waals surface area contributed by atoms with Crippen molar-refractivity contribution in [1.82, 2.24) is 5.32 Å². The van der Waals surface area contributed by atoms with Gasteiger partial charge in [0.25, 0.3) is 11.8 Å². The third kappa shape index (κ3) is 4.77. The molecule has 1 fully saturated rings. The molecule has 4 rings (SSSR count). The Morgan fingerprint density at radius 2 is 1.61 bits per heavy atom. The second kappa shape index (κ2) is 9.00. The molecule has 1 heterocycles. The van der Waals surface area contributed by atoms with Gasteiger partial charge in [0.1, 0.15) is 23.7 Å². The number of phenols is 1. The van der Waals surface area contributed by atoms with Crippen molar-refractivity contribution in [3.63, 3.8) is 0 Å². The molecule has 0 spiro atoms. The van der Waals surface area contributed by atoms with E-state index >= 15 is 0 Å². The van der Waals surface area contributed by atoms with Crippen LogP contribution < -0.4 is 15.0 Å². The maximum absolute atomic E-state index is 12.9. The fourth-order valence-corrected chi connectivity index (χ4v) is 3.38. The molecule has 7 heteroatoms. The highest BCUT2D eigenvalue weighted by Crippen LogP contribution is 2.24. The van der Waals surface area contributed by atoms with Crippen LogP contribution in [0.15, 0.2) is 72.3 Å². The van der Waals surface area contributed by atoms with E-state index in [0.717, 1.165) is 10.5 Å². The lowest BCUT2D eigenvalue weighted by Crippen LogP contribution is -2.54. The zero-order valence-electron chi connectivity index (χ0n) is 18.2. The average Bonchev–Trinajstić information content (AvgIpc) is 2.79. The molecule has 7 nitrogen and oxygen atoms in total. The molecule has 1 aliphatic rings. The predicted octanol–water partition coefficient (Wildman–Crippen LogP) is 4.25. The van der Waals surface area contributed by atoms with Crippen LogP contribution in [0, 0.1) is 13.8 Å². The van der Waals surface area contributed by atoms with E-state index in [1.165, 1.54) is 41.5 Å². The maximum atomic E-state index is 12.9. The molecule has 0 unspecified atom stereocenters. The van der Waals surface area contributed by atoms with Gasteiger partial charge in [-0.1, -0.05) is 30.3 Å². The van der Waals surface area contributed by atoms with Gasteiger partial charge in [-0.15, -0.1) is 0 Å². The number of amides is 4. The summed E-state index contributed by atoms with van der Waals surface area (Å²) in [5.41, 5.74) is 4.16. The molecule has 0 radical (unpaired) electrons. The molecule has 0 aliphatic carbocycles. The van der Waals surface area contributed by atoms with E-state index in [-0.39, 0.29) is 17.0 Å². The fourth-order valence-electron chi connectivity index (χ4n) is 3.38. The van der Waals surface area contributed by atoms with Gasteiger partial charge < -0.3 is 9.84 Å². The largest absolute Gasteiger partial charge is 0.508 e. The number of phenolic OH excluding ortho intramolecular Hbond substituents is 1. The molecule has 1 saturated heterocycles. The molecule has 3 aromatic rings. The van der Waals surface area contributed by atoms with Crippen LogP contribution in [-0.4, -0.2) is 23.0 Å². The highest BCUT2D eigenvalue weighted by Gasteiger charge is 2.36. The molecular weight excluding hydrogens is 420 g/mol. The first-order valence-corrected chi connectivity index (χ1v) is 10.3. The van der Waals surface area contributed by atoms with Crippen molar-refractivity contribution < 1.29 is 24.2 Å². The third-order valence-corrected chi connectivity index (χ3v) is 5.38. The van der Waals surface area contributed by atoms with Crippen molar-refractivity contribution in [2.75, 3.05) is 4.90 Å². The first kappa shape index (κ1) is 21.8. The number of hydrogen-bond acceptors (Lipinski definition) is 5. The molecule has 166 valence electrons. The summed E-state index contributed by atoms with van der Waals surface area (Å²) in [5, 5.41) is 11.6. The molecule has 4 amide bonds. The van der Waals surface area contributed by atoms with E-state index in [2.05, 4.69) is 31.3 Å². The van der Waals surface area contributed by atoms with E-state index < -0.39 is 17.8 Å². The predicted molar refractivity (Wildman–Crippen MR) is 124 cm³/mol. The Hall–Kier alpha value is -4.39. The standard InChI is InChI=1S/C26H22N2O5/c1-16-3-4-19(13-17(16)2)15-33-22-11-5-18(6-12-22)14-23-24(30)27-26(32)28(25(23)31)20-7-9-21(29)10-8-20/h3-14,29H,15H2,1-2H3,(H,27,30,32)/b23-14+. The summed E-state index contributed by atoms with van der Waals surface area (Å²) in [6, 6.07) is 17.8. The van der Waals surface area contributed by atoms with Crippen LogP contribution in [0.3, 0.4) is 0 Å². The zero-order valence-corrected chi connectivity index (χ0v) is 18.2. The van der Waals surface area contributed by atoms with Gasteiger partial charge in [0.2, 0.25) is 0 Å². The number of ether oxygens (including phenoxy) is 1. The SMILES string of the molecule is Cc1ccc(COc2ccc(/C=C3\C(=O)NC(=O)N(c4ccc(O)cc4)C3=O)cc2)cc1C. The third-order valence-electron chi connectivity index (χ3n) is 5.38. The lowest BCUT2D eigenvalue weighted by molar-refractivity contribution is -0.122. The Morgan fingerprint density at radius 3 is 2.27 bits per heavy atom. The number of barbiturate groups is 1. The topological polar surface area (TPSA) is 95.9 Å². The molecule has 0 saturated carbocycles. The molecule has 33 heavy (non-hydrogen) atoms. The van der Waals surface area contributed by atoms with Crippen molar-refractivity contribution in [1.29, 1.82) is 0 Å². The van der Waals surface area contributed by atoms with Gasteiger partial charge in [0, 0.05) is 0 Å². The second-order valence-electron chi connectivity index (χ2n) is 7.75. The van der Waals surface area contributed by atoms with E-state index in [1.807, 2.05) is 6.07 Å². The summed E-state index contributed by atoms with van der Waals surface area (Å²) >= 11 is 0. The van der Waals surface area contributed by atoms with Gasteiger partial charge in [-0.05, 0) is 78.6 Å². The van der Waals surface area contributed by atoms with Crippen LogP contribution >= 0.6 is 0 Å². The molecule has 0 atom stereocenters. The Balaban J connectivity index is 1.50. The number of anilines is 1. The number of rotatable bonds is 5. The summed E-state index contributed by atoms with van der Waals surface area (Å²) < 4.78 is 5.83. The highest BCUT2D eigenvalue weighted by atomic mass is 16.5. The normalized spacial score (nSPS) is 15.0. The minimum absolute atomic E-state index is 0.00437. The zero-order chi connectivity index (χ0) is 23.5. The van der Waals surface area contributed by atoms with Gasteiger partial charge >= 0.3 is 6.03 Å². The molecule has 2 N–H and O–H groups in total. The molecule has 1 aliphatic heterocycles. The minimum atomic E-state index is -0.845. The monoisotopic (exact) mass is 442 g/mol. The molecule has 0 aromatic heterocycles. The van der Waals surface area contributed by atoms with Gasteiger partial charge in [-0.2, -0.15) is 0 Å². The summed E-state index contributed by atoms with van der Waals surface area (Å²) in [7, 11) is 0. The first-order chi connectivity index (χ1) is 15.8. The lowest BCUT2D eigenvalue weighted by Gasteiger charge is -2.26. The van der Waals surface area contributed by atoms with Gasteiger partial charge in [-0.3, -0.25) is 14.9 Å². The summed E-state index contributed by atoms with van der Waals surface area (Å²) in [5.74, 6) is -0.870. The summed E-state index contributed by atoms with van der Waals surface area (Å²) in [4.78, 5) is 38.3. The van der Waals surface area contributed by atoms with Crippen LogP contribution in [0.2, 0.25) is 0 Å². The van der Waals surface area contributed by atoms with Crippen LogP contribution in [0.4, 0.5) is 10.5 Å². The number of imide groups is 2. The van der Waals surface area contributed by atoms with Crippen molar-refractivity contribution in [2.45, 2.75) is 20.5 Å². The minimum Gasteiger partial charge on any atom is -0.508 e. The van der Waals surface area contributed by atoms with E-state index in [0.29, 0.717) is 17.9 Å². The Kier molecular flexibility index (Phi) is 5.95. The number of urea groups is 1. The number of hydrogen-bond donors (Lipinski definition) is 2. The number of aromatic hydroxyl groups is 1. The summed E-state index contributed by atoms with van der Waals surface area (Å²) in [6.45, 7) is 4.54. The Morgan fingerprint density at radius 1 is 0.909 bits per heavy atom. The van der Waals surface area contributed by atoms with E-state index in [4.69, 9.17) is 4.74 Å². The quantitative estimate of drug-likeness (QED) is 0.455. The Labute approximate surface area is 190 Å². The maximum Gasteiger partial charge on any atom is 0.335 e. The fraction of sp³-hybridized carbons (Fsp3) is 0.115. The lowest BCUT2D eigenvalue weighted by atomic mass is 10.1. The van der Waals surface area contributed by atoms with Crippen LogP contribution in [0.25, 0.3) is 6.08 Å². The van der Waals surface area contributed by atoms with Crippen molar-refractivity contribution >= 4 is 29.6 Å². The summed E-state index contributed by atoms with van der Waals surface area (Å²) in [6.07, 6.45) is 1.42. The number of nitrogens with zero attached hydrogens (tertiary/aromatic N) is 1. The van der Waals surface area contributed by atoms with Gasteiger partial charge in [0.05, 0.1) is 5.69 Å². The molecular formula is C26H22N2O5. The number of benzene rings is 3. The number of carbonyl (C=O) groups excluding carboxylic acids is 3. The van der Waals surface area contributed by atoms with Crippen LogP contribution in [0.5, 0.6) is 11.5 Å². The van der Waals surface area contributed by atoms with Crippen molar-refractivity contribution in [2.24, 2.45) is 0 Å². The number of carbonyl (C=O) groups is 3. The number of nitrogens with one attached hydrogen (secondary N) is 1. The van der Waals surface area contributed by atoms with Crippen LogP contribution in [-0.2, 0) is 16.2 Å². The van der Waals surface area contributed by atoms with Crippen LogP contribution in [0.1, 0.15) is 22.3 Å². The highest BCUT2D eigenvalue weighted by molar-refractivity contribution is 6.39. The first-order valence-electron chi connectivity index (χ1n) is 10.3. The Bertz CT molecular complexity index is 1260. The van der Waals surface area contributed by atoms with E-state index in [9.17, 15) is 19.5 Å². The van der Waals surface area contributed by atoms with Crippen molar-refractivity contribution in [3.05, 3.63) is 94.6 Å². The second-order valence-corrected chi connectivity index (χ2v) is 7.75. The average molecular weight is 442 g/mol. The van der Waals surface area contributed by atoms with Gasteiger partial charge in [-0.25, -0.2) is 9.69 Å². The van der Waals surface area contributed by atoms with Gasteiger partial charge in [0.15, 0.2) is 0 Å².